The molecule has 10 heteroatoms. The van der Waals surface area contributed by atoms with E-state index in [9.17, 15) is 13.2 Å². The molecule has 1 aromatic heterocycles. The number of carbonyl (C=O) groups is 1. The second-order valence-electron chi connectivity index (χ2n) is 6.62. The zero-order chi connectivity index (χ0) is 19.6. The number of benzene rings is 1. The fourth-order valence-corrected chi connectivity index (χ4v) is 4.24. The molecule has 1 aromatic carbocycles. The van der Waals surface area contributed by atoms with E-state index in [2.05, 4.69) is 24.9 Å². The minimum absolute atomic E-state index is 0.00562. The summed E-state index contributed by atoms with van der Waals surface area (Å²) in [6, 6.07) is 6.51. The Hall–Kier alpha value is -2.56. The summed E-state index contributed by atoms with van der Waals surface area (Å²) in [5, 5.41) is 2.75. The summed E-state index contributed by atoms with van der Waals surface area (Å²) in [7, 11) is -3.72. The van der Waals surface area contributed by atoms with E-state index in [0.717, 1.165) is 24.5 Å². The van der Waals surface area contributed by atoms with Gasteiger partial charge in [0.05, 0.1) is 24.7 Å². The van der Waals surface area contributed by atoms with Gasteiger partial charge in [-0.2, -0.15) is 0 Å². The van der Waals surface area contributed by atoms with Gasteiger partial charge in [-0.25, -0.2) is 23.1 Å². The van der Waals surface area contributed by atoms with E-state index in [1.807, 2.05) is 0 Å². The van der Waals surface area contributed by atoms with Crippen LogP contribution in [-0.4, -0.2) is 50.6 Å². The molecule has 2 aliphatic rings. The van der Waals surface area contributed by atoms with Crippen molar-refractivity contribution in [2.24, 2.45) is 0 Å². The van der Waals surface area contributed by atoms with Gasteiger partial charge in [0.15, 0.2) is 0 Å². The highest BCUT2D eigenvalue weighted by atomic mass is 32.2. The lowest BCUT2D eigenvalue weighted by Gasteiger charge is -2.27. The maximum atomic E-state index is 12.7. The summed E-state index contributed by atoms with van der Waals surface area (Å²) in [6.45, 7) is 2.77. The van der Waals surface area contributed by atoms with Gasteiger partial charge in [-0.05, 0) is 36.2 Å². The van der Waals surface area contributed by atoms with Crippen molar-refractivity contribution in [3.8, 4) is 0 Å². The van der Waals surface area contributed by atoms with E-state index < -0.39 is 10.0 Å². The molecule has 1 amide bonds. The largest absolute Gasteiger partial charge is 0.378 e. The number of rotatable bonds is 5. The van der Waals surface area contributed by atoms with E-state index >= 15 is 0 Å². The number of carbonyl (C=O) groups excluding carboxylic acids is 1. The summed E-state index contributed by atoms with van der Waals surface area (Å²) < 4.78 is 33.2. The molecule has 9 nitrogen and oxygen atoms in total. The third kappa shape index (κ3) is 4.13. The molecule has 0 radical (unpaired) electrons. The molecule has 1 fully saturated rings. The quantitative estimate of drug-likeness (QED) is 0.754. The zero-order valence-corrected chi connectivity index (χ0v) is 16.0. The number of amides is 1. The fourth-order valence-electron chi connectivity index (χ4n) is 3.21. The Morgan fingerprint density at radius 2 is 2.00 bits per heavy atom. The van der Waals surface area contributed by atoms with Crippen LogP contribution in [0, 0.1) is 0 Å². The molecule has 3 heterocycles. The van der Waals surface area contributed by atoms with Crippen molar-refractivity contribution in [2.45, 2.75) is 24.3 Å². The standard InChI is InChI=1S/C18H21N5O4S/c24-18-4-1-13-11-14(2-3-15(13)21-18)28(25,26)20-12-16-19-6-5-17(22-16)23-7-9-27-10-8-23/h2-3,5-6,11,20H,1,4,7-10,12H2,(H,21,24). The number of nitrogens with zero attached hydrogens (tertiary/aromatic N) is 3. The van der Waals surface area contributed by atoms with Crippen LogP contribution in [0.4, 0.5) is 11.5 Å². The van der Waals surface area contributed by atoms with E-state index in [-0.39, 0.29) is 17.3 Å². The van der Waals surface area contributed by atoms with Gasteiger partial charge in [0.2, 0.25) is 15.9 Å². The summed E-state index contributed by atoms with van der Waals surface area (Å²) in [5.41, 5.74) is 1.48. The Kier molecular flexibility index (Phi) is 5.25. The first-order valence-corrected chi connectivity index (χ1v) is 10.6. The van der Waals surface area contributed by atoms with Crippen LogP contribution in [0.1, 0.15) is 17.8 Å². The number of sulfonamides is 1. The molecule has 0 bridgehead atoms. The highest BCUT2D eigenvalue weighted by molar-refractivity contribution is 7.89. The first-order valence-electron chi connectivity index (χ1n) is 9.08. The van der Waals surface area contributed by atoms with Crippen LogP contribution in [0.3, 0.4) is 0 Å². The van der Waals surface area contributed by atoms with Crippen LogP contribution in [0.2, 0.25) is 0 Å². The van der Waals surface area contributed by atoms with E-state index in [4.69, 9.17) is 4.74 Å². The number of aromatic nitrogens is 2. The van der Waals surface area contributed by atoms with Crippen molar-refractivity contribution in [1.82, 2.24) is 14.7 Å². The first kappa shape index (κ1) is 18.8. The number of hydrogen-bond donors (Lipinski definition) is 2. The average molecular weight is 403 g/mol. The van der Waals surface area contributed by atoms with Crippen molar-refractivity contribution in [3.05, 3.63) is 41.9 Å². The SMILES string of the molecule is O=C1CCc2cc(S(=O)(=O)NCc3nccc(N4CCOCC4)n3)ccc2N1. The lowest BCUT2D eigenvalue weighted by atomic mass is 10.0. The van der Waals surface area contributed by atoms with E-state index in [0.29, 0.717) is 37.6 Å². The number of fused-ring (bicyclic) bond motifs is 1. The number of morpholine rings is 1. The third-order valence-corrected chi connectivity index (χ3v) is 6.13. The smallest absolute Gasteiger partial charge is 0.240 e. The Balaban J connectivity index is 1.46. The van der Waals surface area contributed by atoms with Crippen LogP contribution < -0.4 is 14.9 Å². The fraction of sp³-hybridized carbons (Fsp3) is 0.389. The Labute approximate surface area is 163 Å². The van der Waals surface area contributed by atoms with Crippen molar-refractivity contribution in [2.75, 3.05) is 36.5 Å². The third-order valence-electron chi connectivity index (χ3n) is 4.73. The second kappa shape index (κ2) is 7.82. The molecule has 2 N–H and O–H groups in total. The van der Waals surface area contributed by atoms with Crippen LogP contribution in [0.5, 0.6) is 0 Å². The number of nitrogens with one attached hydrogen (secondary N) is 2. The lowest BCUT2D eigenvalue weighted by molar-refractivity contribution is -0.116. The van der Waals surface area contributed by atoms with Gasteiger partial charge in [0.1, 0.15) is 11.6 Å². The minimum atomic E-state index is -3.72. The first-order chi connectivity index (χ1) is 13.5. The molecular formula is C18H21N5O4S. The normalized spacial score (nSPS) is 17.1. The molecule has 0 aliphatic carbocycles. The van der Waals surface area contributed by atoms with Crippen LogP contribution in [0.15, 0.2) is 35.4 Å². The van der Waals surface area contributed by atoms with Crippen molar-refractivity contribution >= 4 is 27.4 Å². The van der Waals surface area contributed by atoms with Crippen molar-refractivity contribution in [1.29, 1.82) is 0 Å². The molecule has 1 saturated heterocycles. The van der Waals surface area contributed by atoms with Crippen LogP contribution >= 0.6 is 0 Å². The van der Waals surface area contributed by atoms with Gasteiger partial charge in [-0.3, -0.25) is 4.79 Å². The average Bonchev–Trinajstić information content (AvgIpc) is 2.73. The number of ether oxygens (including phenoxy) is 1. The van der Waals surface area contributed by atoms with Crippen molar-refractivity contribution in [3.63, 3.8) is 0 Å². The topological polar surface area (TPSA) is 114 Å². The summed E-state index contributed by atoms with van der Waals surface area (Å²) >= 11 is 0. The minimum Gasteiger partial charge on any atom is -0.378 e. The molecule has 2 aromatic rings. The Morgan fingerprint density at radius 1 is 1.18 bits per heavy atom. The van der Waals surface area contributed by atoms with Gasteiger partial charge in [-0.15, -0.1) is 0 Å². The lowest BCUT2D eigenvalue weighted by Crippen LogP contribution is -2.37. The Bertz CT molecular complexity index is 989. The number of aryl methyl sites for hydroxylation is 1. The maximum absolute atomic E-state index is 12.7. The van der Waals surface area contributed by atoms with Gasteiger partial charge in [-0.1, -0.05) is 0 Å². The second-order valence-corrected chi connectivity index (χ2v) is 8.39. The van der Waals surface area contributed by atoms with Crippen LogP contribution in [-0.2, 0) is 32.5 Å². The van der Waals surface area contributed by atoms with Gasteiger partial charge in [0.25, 0.3) is 0 Å². The number of anilines is 2. The highest BCUT2D eigenvalue weighted by Gasteiger charge is 2.20. The molecule has 148 valence electrons. The molecule has 2 aliphatic heterocycles. The van der Waals surface area contributed by atoms with Gasteiger partial charge < -0.3 is 15.0 Å². The van der Waals surface area contributed by atoms with Gasteiger partial charge >= 0.3 is 0 Å². The molecule has 4 rings (SSSR count). The van der Waals surface area contributed by atoms with Crippen molar-refractivity contribution < 1.29 is 17.9 Å². The molecule has 28 heavy (non-hydrogen) atoms. The van der Waals surface area contributed by atoms with Crippen LogP contribution in [0.25, 0.3) is 0 Å². The number of hydrogen-bond acceptors (Lipinski definition) is 7. The molecule has 0 saturated carbocycles. The highest BCUT2D eigenvalue weighted by Crippen LogP contribution is 2.25. The van der Waals surface area contributed by atoms with Gasteiger partial charge in [0, 0.05) is 31.4 Å². The van der Waals surface area contributed by atoms with E-state index in [1.165, 1.54) is 6.07 Å². The zero-order valence-electron chi connectivity index (χ0n) is 15.2. The molecule has 0 spiro atoms. The van der Waals surface area contributed by atoms with E-state index in [1.54, 1.807) is 24.4 Å². The molecule has 0 atom stereocenters. The predicted octanol–water partition coefficient (Wildman–Crippen LogP) is 0.676. The summed E-state index contributed by atoms with van der Waals surface area (Å²) in [6.07, 6.45) is 2.50. The maximum Gasteiger partial charge on any atom is 0.240 e. The summed E-state index contributed by atoms with van der Waals surface area (Å²) in [4.78, 5) is 22.3. The summed E-state index contributed by atoms with van der Waals surface area (Å²) in [5.74, 6) is 1.10. The predicted molar refractivity (Wildman–Crippen MR) is 102 cm³/mol. The Morgan fingerprint density at radius 3 is 2.82 bits per heavy atom. The molecular weight excluding hydrogens is 382 g/mol. The monoisotopic (exact) mass is 403 g/mol. The molecule has 0 unspecified atom stereocenters.